The van der Waals surface area contributed by atoms with E-state index in [9.17, 15) is 36.1 Å². The van der Waals surface area contributed by atoms with Gasteiger partial charge in [-0.05, 0) is 44.4 Å². The molecular formula is C32H54FN2O12PS2. The van der Waals surface area contributed by atoms with Crippen molar-refractivity contribution in [3.05, 3.63) is 33.1 Å². The molecule has 1 saturated heterocycles. The fourth-order valence-electron chi connectivity index (χ4n) is 6.43. The SMILES string of the molecule is C[C@]1(F)C(n2ccc(=O)[nH]c2=O)OC(COP(=O)(OCCCS(=O)(=O)CCCCC2CCC2)OCCCS(=O)(=O)CCCCC2CCC2)[C@H]1O. The monoisotopic (exact) mass is 772 g/mol. The number of halogens is 1. The van der Waals surface area contributed by atoms with E-state index in [1.165, 1.54) is 38.5 Å². The second kappa shape index (κ2) is 18.5. The highest BCUT2D eigenvalue weighted by molar-refractivity contribution is 7.91. The quantitative estimate of drug-likeness (QED) is 0.112. The summed E-state index contributed by atoms with van der Waals surface area (Å²) < 4.78 is 102. The molecule has 1 aliphatic heterocycles. The second-order valence-corrected chi connectivity index (χ2v) is 20.4. The van der Waals surface area contributed by atoms with Gasteiger partial charge in [0.1, 0.15) is 31.9 Å². The van der Waals surface area contributed by atoms with Crippen LogP contribution in [0.3, 0.4) is 0 Å². The van der Waals surface area contributed by atoms with Gasteiger partial charge < -0.3 is 9.84 Å². The number of aromatic nitrogens is 2. The number of hydrogen-bond acceptors (Lipinski definition) is 12. The number of aliphatic hydroxyl groups excluding tert-OH is 1. The molecule has 2 heterocycles. The zero-order valence-corrected chi connectivity index (χ0v) is 31.4. The Balaban J connectivity index is 1.29. The van der Waals surface area contributed by atoms with E-state index in [1.807, 2.05) is 4.98 Å². The lowest BCUT2D eigenvalue weighted by Gasteiger charge is -2.25. The van der Waals surface area contributed by atoms with Crippen LogP contribution >= 0.6 is 7.82 Å². The van der Waals surface area contributed by atoms with Crippen molar-refractivity contribution in [2.75, 3.05) is 42.8 Å². The van der Waals surface area contributed by atoms with E-state index in [1.54, 1.807) is 0 Å². The number of aromatic amines is 1. The van der Waals surface area contributed by atoms with Crippen molar-refractivity contribution in [1.29, 1.82) is 0 Å². The fourth-order valence-corrected chi connectivity index (χ4v) is 10.5. The summed E-state index contributed by atoms with van der Waals surface area (Å²) >= 11 is 0. The van der Waals surface area contributed by atoms with Gasteiger partial charge in [0.2, 0.25) is 0 Å². The summed E-state index contributed by atoms with van der Waals surface area (Å²) in [5.41, 5.74) is -4.23. The first-order chi connectivity index (χ1) is 23.6. The third-order valence-electron chi connectivity index (χ3n) is 10.0. The second-order valence-electron chi connectivity index (χ2n) is 14.1. The molecule has 2 aliphatic carbocycles. The van der Waals surface area contributed by atoms with Crippen LogP contribution in [0.15, 0.2) is 21.9 Å². The zero-order chi connectivity index (χ0) is 36.4. The van der Waals surface area contributed by atoms with Gasteiger partial charge in [0, 0.05) is 12.3 Å². The minimum atomic E-state index is -4.50. The van der Waals surface area contributed by atoms with E-state index in [-0.39, 0.29) is 49.1 Å². The Hall–Kier alpha value is -1.46. The van der Waals surface area contributed by atoms with Gasteiger partial charge in [-0.2, -0.15) is 0 Å². The fraction of sp³-hybridized carbons (Fsp3) is 0.875. The molecule has 0 spiro atoms. The third kappa shape index (κ3) is 12.6. The number of phosphoric acid groups is 1. The molecular weight excluding hydrogens is 718 g/mol. The summed E-state index contributed by atoms with van der Waals surface area (Å²) in [6.07, 6.45) is 8.17. The van der Waals surface area contributed by atoms with Crippen molar-refractivity contribution in [3.63, 3.8) is 0 Å². The van der Waals surface area contributed by atoms with Crippen LogP contribution in [0.1, 0.15) is 103 Å². The van der Waals surface area contributed by atoms with E-state index in [0.717, 1.165) is 49.4 Å². The maximum Gasteiger partial charge on any atom is 0.474 e. The van der Waals surface area contributed by atoms with Crippen molar-refractivity contribution in [2.24, 2.45) is 11.8 Å². The van der Waals surface area contributed by atoms with Gasteiger partial charge in [-0.1, -0.05) is 64.2 Å². The zero-order valence-electron chi connectivity index (χ0n) is 28.9. The number of hydrogen-bond donors (Lipinski definition) is 2. The number of nitrogens with zero attached hydrogens (tertiary/aromatic N) is 1. The molecule has 14 nitrogen and oxygen atoms in total. The first-order valence-corrected chi connectivity index (χ1v) is 23.0. The predicted octanol–water partition coefficient (Wildman–Crippen LogP) is 4.23. The lowest BCUT2D eigenvalue weighted by molar-refractivity contribution is -0.0620. The van der Waals surface area contributed by atoms with E-state index >= 15 is 4.39 Å². The molecule has 2 N–H and O–H groups in total. The number of unbranched alkanes of at least 4 members (excludes halogenated alkanes) is 2. The smallest absolute Gasteiger partial charge is 0.387 e. The van der Waals surface area contributed by atoms with Crippen LogP contribution in [0.4, 0.5) is 4.39 Å². The molecule has 288 valence electrons. The number of ether oxygens (including phenoxy) is 1. The molecule has 3 aliphatic rings. The van der Waals surface area contributed by atoms with Crippen LogP contribution < -0.4 is 11.2 Å². The number of rotatable bonds is 24. The molecule has 2 saturated carbocycles. The van der Waals surface area contributed by atoms with Crippen molar-refractivity contribution in [1.82, 2.24) is 9.55 Å². The van der Waals surface area contributed by atoms with Gasteiger partial charge >= 0.3 is 13.5 Å². The van der Waals surface area contributed by atoms with Crippen LogP contribution in [-0.4, -0.2) is 92.2 Å². The molecule has 1 aromatic heterocycles. The summed E-state index contributed by atoms with van der Waals surface area (Å²) in [5.74, 6) is 1.06. The Morgan fingerprint density at radius 1 is 0.880 bits per heavy atom. The Morgan fingerprint density at radius 3 is 1.84 bits per heavy atom. The molecule has 0 radical (unpaired) electrons. The minimum Gasteiger partial charge on any atom is -0.387 e. The van der Waals surface area contributed by atoms with E-state index in [2.05, 4.69) is 0 Å². The highest BCUT2D eigenvalue weighted by Gasteiger charge is 2.55. The third-order valence-corrected chi connectivity index (χ3v) is 15.1. The highest BCUT2D eigenvalue weighted by Crippen LogP contribution is 2.51. The number of alkyl halides is 1. The molecule has 4 rings (SSSR count). The number of nitrogens with one attached hydrogen (secondary N) is 1. The van der Waals surface area contributed by atoms with E-state index in [4.69, 9.17) is 18.3 Å². The highest BCUT2D eigenvalue weighted by atomic mass is 32.2. The standard InChI is InChI=1S/C32H54FN2O12PS2/c1-32(33)29(37)27(47-30(32)35-17-16-28(36)34-31(35)38)24-46-48(39,44-18-8-22-49(40,41)20-4-2-10-25-12-6-13-25)45-19-9-23-50(42,43)21-5-3-11-26-14-7-15-26/h16-17,25-27,29-30,37H,2-15,18-24H2,1H3,(H,34,36,38)/t27?,29-,30?,32-/m1/s1. The van der Waals surface area contributed by atoms with Gasteiger partial charge in [0.25, 0.3) is 5.56 Å². The molecule has 50 heavy (non-hydrogen) atoms. The predicted molar refractivity (Wildman–Crippen MR) is 185 cm³/mol. The number of sulfone groups is 2. The molecule has 1 aromatic rings. The number of aliphatic hydroxyl groups is 1. The van der Waals surface area contributed by atoms with Gasteiger partial charge in [-0.25, -0.2) is 30.6 Å². The Labute approximate surface area is 294 Å². The molecule has 3 fully saturated rings. The number of H-pyrrole nitrogens is 1. The molecule has 0 aromatic carbocycles. The maximum absolute atomic E-state index is 15.6. The summed E-state index contributed by atoms with van der Waals surface area (Å²) in [5, 5.41) is 10.7. The normalized spacial score (nSPS) is 25.1. The molecule has 0 bridgehead atoms. The van der Waals surface area contributed by atoms with Crippen LogP contribution in [0.25, 0.3) is 0 Å². The summed E-state index contributed by atoms with van der Waals surface area (Å²) in [4.78, 5) is 25.7. The van der Waals surface area contributed by atoms with Crippen molar-refractivity contribution < 1.29 is 49.2 Å². The minimum absolute atomic E-state index is 0.0147. The lowest BCUT2D eigenvalue weighted by atomic mass is 9.82. The van der Waals surface area contributed by atoms with Crippen LogP contribution in [0.2, 0.25) is 0 Å². The number of phosphoric ester groups is 1. The summed E-state index contributed by atoms with van der Waals surface area (Å²) in [7, 11) is -11.3. The van der Waals surface area contributed by atoms with Crippen molar-refractivity contribution in [3.8, 4) is 0 Å². The lowest BCUT2D eigenvalue weighted by Crippen LogP contribution is -2.43. The largest absolute Gasteiger partial charge is 0.474 e. The Bertz CT molecular complexity index is 1540. The van der Waals surface area contributed by atoms with Crippen molar-refractivity contribution in [2.45, 2.75) is 121 Å². The molecule has 2 unspecified atom stereocenters. The van der Waals surface area contributed by atoms with Crippen molar-refractivity contribution >= 4 is 27.5 Å². The average Bonchev–Trinajstić information content (AvgIpc) is 3.22. The van der Waals surface area contributed by atoms with E-state index in [0.29, 0.717) is 24.7 Å². The van der Waals surface area contributed by atoms with E-state index < -0.39 is 69.5 Å². The van der Waals surface area contributed by atoms with Gasteiger partial charge in [-0.3, -0.25) is 27.9 Å². The Kier molecular flexibility index (Phi) is 15.3. The Morgan fingerprint density at radius 2 is 1.38 bits per heavy atom. The topological polar surface area (TPSA) is 197 Å². The molecule has 0 amide bonds. The van der Waals surface area contributed by atoms with Gasteiger partial charge in [-0.15, -0.1) is 0 Å². The first-order valence-electron chi connectivity index (χ1n) is 17.9. The van der Waals surface area contributed by atoms with Crippen LogP contribution in [-0.2, 0) is 42.5 Å². The maximum atomic E-state index is 15.6. The molecule has 4 atom stereocenters. The van der Waals surface area contributed by atoms with Crippen LogP contribution in [0.5, 0.6) is 0 Å². The summed E-state index contributed by atoms with van der Waals surface area (Å²) in [6.45, 7) is -0.385. The average molecular weight is 773 g/mol. The van der Waals surface area contributed by atoms with Crippen LogP contribution in [0, 0.1) is 11.8 Å². The first kappa shape index (κ1) is 41.3. The van der Waals surface area contributed by atoms with Gasteiger partial charge in [0.05, 0.1) is 42.8 Å². The molecule has 18 heteroatoms. The summed E-state index contributed by atoms with van der Waals surface area (Å²) in [6, 6.07) is 0.984. The van der Waals surface area contributed by atoms with Gasteiger partial charge in [0.15, 0.2) is 11.9 Å².